The summed E-state index contributed by atoms with van der Waals surface area (Å²) in [5, 5.41) is 2.88. The number of nitrogens with one attached hydrogen (secondary N) is 2. The van der Waals surface area contributed by atoms with E-state index < -0.39 is 10.0 Å². The number of rotatable bonds is 7. The molecule has 0 saturated carbocycles. The van der Waals surface area contributed by atoms with Gasteiger partial charge in [0, 0.05) is 31.9 Å². The maximum Gasteiger partial charge on any atom is 0.261 e. The van der Waals surface area contributed by atoms with Crippen LogP contribution in [0, 0.1) is 6.92 Å². The number of carbonyl (C=O) groups excluding carboxylic acids is 1. The first kappa shape index (κ1) is 21.4. The fraction of sp³-hybridized carbons (Fsp3) is 0.174. The van der Waals surface area contributed by atoms with Gasteiger partial charge in [-0.05, 0) is 54.4 Å². The fourth-order valence-electron chi connectivity index (χ4n) is 2.87. The van der Waals surface area contributed by atoms with E-state index in [-0.39, 0.29) is 10.8 Å². The second-order valence-corrected chi connectivity index (χ2v) is 8.87. The predicted octanol–water partition coefficient (Wildman–Crippen LogP) is 3.79. The zero-order chi connectivity index (χ0) is 21.7. The van der Waals surface area contributed by atoms with E-state index in [0.717, 1.165) is 16.8 Å². The molecule has 0 saturated heterocycles. The van der Waals surface area contributed by atoms with E-state index in [9.17, 15) is 13.2 Å². The van der Waals surface area contributed by atoms with Gasteiger partial charge < -0.3 is 10.2 Å². The number of amides is 1. The van der Waals surface area contributed by atoms with Crippen LogP contribution in [0.15, 0.2) is 77.7 Å². The maximum atomic E-state index is 12.6. The van der Waals surface area contributed by atoms with Crippen molar-refractivity contribution >= 4 is 27.3 Å². The third-order valence-electron chi connectivity index (χ3n) is 4.70. The number of hydrogen-bond acceptors (Lipinski definition) is 4. The molecule has 2 N–H and O–H groups in total. The molecule has 0 spiro atoms. The van der Waals surface area contributed by atoms with Crippen LogP contribution >= 0.6 is 0 Å². The average molecular weight is 424 g/mol. The van der Waals surface area contributed by atoms with Crippen molar-refractivity contribution < 1.29 is 13.2 Å². The monoisotopic (exact) mass is 423 g/mol. The van der Waals surface area contributed by atoms with Gasteiger partial charge in [-0.2, -0.15) is 0 Å². The number of carbonyl (C=O) groups is 1. The minimum absolute atomic E-state index is 0.167. The molecule has 0 aliphatic heterocycles. The van der Waals surface area contributed by atoms with Gasteiger partial charge in [0.05, 0.1) is 10.6 Å². The minimum Gasteiger partial charge on any atom is -0.378 e. The van der Waals surface area contributed by atoms with Crippen LogP contribution in [0.3, 0.4) is 0 Å². The van der Waals surface area contributed by atoms with Gasteiger partial charge >= 0.3 is 0 Å². The fourth-order valence-corrected chi connectivity index (χ4v) is 4.02. The van der Waals surface area contributed by atoms with Crippen molar-refractivity contribution in [3.05, 3.63) is 89.5 Å². The lowest BCUT2D eigenvalue weighted by Gasteiger charge is -2.14. The van der Waals surface area contributed by atoms with Crippen molar-refractivity contribution in [1.29, 1.82) is 0 Å². The van der Waals surface area contributed by atoms with Crippen molar-refractivity contribution in [3.8, 4) is 0 Å². The molecule has 0 fully saturated rings. The van der Waals surface area contributed by atoms with Crippen LogP contribution in [0.2, 0.25) is 0 Å². The largest absolute Gasteiger partial charge is 0.378 e. The smallest absolute Gasteiger partial charge is 0.261 e. The van der Waals surface area contributed by atoms with Crippen LogP contribution < -0.4 is 14.9 Å². The molecule has 0 atom stereocenters. The van der Waals surface area contributed by atoms with Crippen LogP contribution in [-0.4, -0.2) is 28.4 Å². The van der Waals surface area contributed by atoms with E-state index >= 15 is 0 Å². The summed E-state index contributed by atoms with van der Waals surface area (Å²) in [6, 6.07) is 21.0. The van der Waals surface area contributed by atoms with E-state index in [4.69, 9.17) is 0 Å². The number of benzene rings is 3. The van der Waals surface area contributed by atoms with Crippen LogP contribution in [0.25, 0.3) is 0 Å². The maximum absolute atomic E-state index is 12.6. The number of aryl methyl sites for hydroxylation is 1. The molecule has 30 heavy (non-hydrogen) atoms. The third kappa shape index (κ3) is 5.18. The van der Waals surface area contributed by atoms with Gasteiger partial charge in [0.15, 0.2) is 0 Å². The Morgan fingerprint density at radius 2 is 1.60 bits per heavy atom. The van der Waals surface area contributed by atoms with E-state index in [0.29, 0.717) is 17.8 Å². The van der Waals surface area contributed by atoms with Gasteiger partial charge in [-0.3, -0.25) is 9.52 Å². The molecule has 3 aromatic rings. The third-order valence-corrected chi connectivity index (χ3v) is 6.08. The highest BCUT2D eigenvalue weighted by Crippen LogP contribution is 2.21. The highest BCUT2D eigenvalue weighted by atomic mass is 32.2. The molecular weight excluding hydrogens is 398 g/mol. The highest BCUT2D eigenvalue weighted by Gasteiger charge is 2.16. The molecule has 156 valence electrons. The molecule has 0 aromatic heterocycles. The van der Waals surface area contributed by atoms with Gasteiger partial charge in [0.1, 0.15) is 0 Å². The highest BCUT2D eigenvalue weighted by molar-refractivity contribution is 7.92. The van der Waals surface area contributed by atoms with E-state index in [1.54, 1.807) is 43.3 Å². The molecule has 6 nitrogen and oxygen atoms in total. The van der Waals surface area contributed by atoms with E-state index in [2.05, 4.69) is 10.0 Å². The first-order chi connectivity index (χ1) is 14.3. The summed E-state index contributed by atoms with van der Waals surface area (Å²) in [6.07, 6.45) is 0. The zero-order valence-electron chi connectivity index (χ0n) is 17.2. The lowest BCUT2D eigenvalue weighted by atomic mass is 10.1. The molecule has 0 bridgehead atoms. The van der Waals surface area contributed by atoms with Crippen molar-refractivity contribution in [2.45, 2.75) is 18.4 Å². The molecule has 0 heterocycles. The Morgan fingerprint density at radius 1 is 0.933 bits per heavy atom. The van der Waals surface area contributed by atoms with Gasteiger partial charge in [-0.25, -0.2) is 8.42 Å². The number of hydrogen-bond donors (Lipinski definition) is 2. The van der Waals surface area contributed by atoms with Crippen molar-refractivity contribution in [2.24, 2.45) is 0 Å². The quantitative estimate of drug-likeness (QED) is 0.606. The first-order valence-electron chi connectivity index (χ1n) is 9.49. The Hall–Kier alpha value is -3.32. The summed E-state index contributed by atoms with van der Waals surface area (Å²) in [7, 11) is 0.210. The van der Waals surface area contributed by atoms with Crippen LogP contribution in [0.4, 0.5) is 11.4 Å². The molecule has 0 unspecified atom stereocenters. The molecule has 1 amide bonds. The first-order valence-corrected chi connectivity index (χ1v) is 11.0. The molecule has 3 aromatic carbocycles. The number of sulfonamides is 1. The van der Waals surface area contributed by atoms with Crippen LogP contribution in [0.5, 0.6) is 0 Å². The summed E-state index contributed by atoms with van der Waals surface area (Å²) < 4.78 is 27.8. The molecule has 3 rings (SSSR count). The van der Waals surface area contributed by atoms with Gasteiger partial charge in [0.2, 0.25) is 0 Å². The van der Waals surface area contributed by atoms with Gasteiger partial charge in [-0.1, -0.05) is 36.4 Å². The molecule has 0 aliphatic rings. The van der Waals surface area contributed by atoms with Crippen LogP contribution in [0.1, 0.15) is 21.5 Å². The summed E-state index contributed by atoms with van der Waals surface area (Å²) >= 11 is 0. The van der Waals surface area contributed by atoms with Gasteiger partial charge in [-0.15, -0.1) is 0 Å². The number of nitrogens with zero attached hydrogens (tertiary/aromatic N) is 1. The summed E-state index contributed by atoms with van der Waals surface area (Å²) in [5.74, 6) is -0.271. The summed E-state index contributed by atoms with van der Waals surface area (Å²) in [4.78, 5) is 14.8. The second-order valence-electron chi connectivity index (χ2n) is 7.19. The van der Waals surface area contributed by atoms with E-state index in [1.165, 1.54) is 12.1 Å². The Kier molecular flexibility index (Phi) is 6.42. The SMILES string of the molecule is Cc1ccc(C(=O)NCc2ccc(N(C)C)cc2)cc1NS(=O)(=O)c1ccccc1. The Balaban J connectivity index is 1.72. The van der Waals surface area contributed by atoms with Crippen LogP contribution in [-0.2, 0) is 16.6 Å². The van der Waals surface area contributed by atoms with Gasteiger partial charge in [0.25, 0.3) is 15.9 Å². The predicted molar refractivity (Wildman–Crippen MR) is 120 cm³/mol. The van der Waals surface area contributed by atoms with Crippen molar-refractivity contribution in [3.63, 3.8) is 0 Å². The molecular formula is C23H25N3O3S. The van der Waals surface area contributed by atoms with Crippen molar-refractivity contribution in [1.82, 2.24) is 5.32 Å². The summed E-state index contributed by atoms with van der Waals surface area (Å²) in [5.41, 5.74) is 3.55. The Labute approximate surface area is 177 Å². The molecule has 7 heteroatoms. The second kappa shape index (κ2) is 9.00. The average Bonchev–Trinajstić information content (AvgIpc) is 2.74. The molecule has 0 aliphatic carbocycles. The lowest BCUT2D eigenvalue weighted by Crippen LogP contribution is -2.23. The lowest BCUT2D eigenvalue weighted by molar-refractivity contribution is 0.0951. The standard InChI is InChI=1S/C23H25N3O3S/c1-17-9-12-19(15-22(17)25-30(28,29)21-7-5-4-6-8-21)23(27)24-16-18-10-13-20(14-11-18)26(2)3/h4-15,25H,16H2,1-3H3,(H,24,27). The molecule has 0 radical (unpaired) electrons. The normalized spacial score (nSPS) is 11.0. The van der Waals surface area contributed by atoms with E-state index in [1.807, 2.05) is 43.3 Å². The zero-order valence-corrected chi connectivity index (χ0v) is 18.0. The Bertz CT molecular complexity index is 1130. The van der Waals surface area contributed by atoms with Crippen molar-refractivity contribution in [2.75, 3.05) is 23.7 Å². The number of anilines is 2. The minimum atomic E-state index is -3.73. The topological polar surface area (TPSA) is 78.5 Å². The Morgan fingerprint density at radius 3 is 2.23 bits per heavy atom. The summed E-state index contributed by atoms with van der Waals surface area (Å²) in [6.45, 7) is 2.17.